The van der Waals surface area contributed by atoms with E-state index in [9.17, 15) is 4.39 Å². The Kier molecular flexibility index (Phi) is 4.74. The van der Waals surface area contributed by atoms with E-state index in [4.69, 9.17) is 26.6 Å². The first-order valence-corrected chi connectivity index (χ1v) is 7.67. The molecule has 0 atom stereocenters. The molecule has 3 nitrogen and oxygen atoms in total. The first kappa shape index (κ1) is 17.5. The predicted octanol–water partition coefficient (Wildman–Crippen LogP) is 3.76. The fourth-order valence-corrected chi connectivity index (χ4v) is 2.36. The summed E-state index contributed by atoms with van der Waals surface area (Å²) in [5.41, 5.74) is 6.83. The highest BCUT2D eigenvalue weighted by atomic mass is 35.5. The van der Waals surface area contributed by atoms with E-state index in [0.717, 1.165) is 5.56 Å². The first-order chi connectivity index (χ1) is 10.1. The second kappa shape index (κ2) is 5.97. The molecule has 1 fully saturated rings. The lowest BCUT2D eigenvalue weighted by Crippen LogP contribution is -2.41. The van der Waals surface area contributed by atoms with Gasteiger partial charge in [-0.1, -0.05) is 17.7 Å². The lowest BCUT2D eigenvalue weighted by molar-refractivity contribution is 0.00578. The van der Waals surface area contributed by atoms with Crippen molar-refractivity contribution in [2.24, 2.45) is 5.73 Å². The van der Waals surface area contributed by atoms with Crippen LogP contribution in [0.25, 0.3) is 6.08 Å². The van der Waals surface area contributed by atoms with Crippen LogP contribution in [-0.4, -0.2) is 24.9 Å². The Hall–Kier alpha value is -0.875. The van der Waals surface area contributed by atoms with Gasteiger partial charge in [-0.3, -0.25) is 0 Å². The Morgan fingerprint density at radius 3 is 2.32 bits per heavy atom. The topological polar surface area (TPSA) is 44.5 Å². The highest BCUT2D eigenvalue weighted by Crippen LogP contribution is 2.38. The van der Waals surface area contributed by atoms with E-state index in [1.807, 2.05) is 34.6 Å². The average Bonchev–Trinajstić information content (AvgIpc) is 2.61. The maximum Gasteiger partial charge on any atom is 0.491 e. The van der Waals surface area contributed by atoms with Crippen molar-refractivity contribution < 1.29 is 13.7 Å². The van der Waals surface area contributed by atoms with Crippen LogP contribution in [0, 0.1) is 12.7 Å². The van der Waals surface area contributed by atoms with Gasteiger partial charge in [-0.2, -0.15) is 0 Å². The molecule has 1 aliphatic heterocycles. The smallest absolute Gasteiger partial charge is 0.400 e. The van der Waals surface area contributed by atoms with Gasteiger partial charge < -0.3 is 15.0 Å². The van der Waals surface area contributed by atoms with Gasteiger partial charge in [0.25, 0.3) is 0 Å². The molecule has 2 N–H and O–H groups in total. The van der Waals surface area contributed by atoms with Crippen LogP contribution in [0.4, 0.5) is 4.39 Å². The predicted molar refractivity (Wildman–Crippen MR) is 89.3 cm³/mol. The third kappa shape index (κ3) is 3.23. The average molecular weight is 326 g/mol. The van der Waals surface area contributed by atoms with Crippen molar-refractivity contribution in [2.75, 3.05) is 6.54 Å². The van der Waals surface area contributed by atoms with E-state index in [0.29, 0.717) is 16.1 Å². The van der Waals surface area contributed by atoms with Crippen LogP contribution in [0.3, 0.4) is 0 Å². The van der Waals surface area contributed by atoms with Gasteiger partial charge in [0.15, 0.2) is 0 Å². The van der Waals surface area contributed by atoms with Gasteiger partial charge in [-0.05, 0) is 57.8 Å². The minimum atomic E-state index is -0.578. The normalized spacial score (nSPS) is 20.5. The number of rotatable bonds is 3. The zero-order chi connectivity index (χ0) is 16.7. The van der Waals surface area contributed by atoms with Crippen molar-refractivity contribution in [3.63, 3.8) is 0 Å². The molecule has 0 bridgehead atoms. The third-order valence-electron chi connectivity index (χ3n) is 4.41. The van der Waals surface area contributed by atoms with E-state index in [-0.39, 0.29) is 6.54 Å². The molecule has 1 saturated heterocycles. The molecule has 0 aromatic heterocycles. The number of hydrogen-bond acceptors (Lipinski definition) is 3. The second-order valence-electron chi connectivity index (χ2n) is 6.63. The molecule has 0 saturated carbocycles. The quantitative estimate of drug-likeness (QED) is 0.861. The Balaban J connectivity index is 2.36. The summed E-state index contributed by atoms with van der Waals surface area (Å²) in [6.45, 7) is 9.92. The highest BCUT2D eigenvalue weighted by Gasteiger charge is 2.52. The Morgan fingerprint density at radius 2 is 1.82 bits per heavy atom. The van der Waals surface area contributed by atoms with E-state index in [1.165, 1.54) is 6.07 Å². The van der Waals surface area contributed by atoms with Crippen molar-refractivity contribution >= 4 is 24.8 Å². The first-order valence-electron chi connectivity index (χ1n) is 7.29. The Labute approximate surface area is 136 Å². The molecule has 120 valence electrons. The van der Waals surface area contributed by atoms with E-state index in [1.54, 1.807) is 12.1 Å². The number of halogens is 2. The molecule has 22 heavy (non-hydrogen) atoms. The van der Waals surface area contributed by atoms with Gasteiger partial charge in [0.1, 0.15) is 5.82 Å². The standard InChI is InChI=1S/C16H22BClFNO2/c1-10-6-11(14(19)8-13(10)18)7-12(9-20)17-21-15(2,3)16(4,5)22-17/h6-8H,9,20H2,1-5H3. The molecule has 1 aromatic carbocycles. The molecule has 0 radical (unpaired) electrons. The van der Waals surface area contributed by atoms with Gasteiger partial charge >= 0.3 is 7.12 Å². The van der Waals surface area contributed by atoms with Crippen LogP contribution < -0.4 is 5.73 Å². The fraction of sp³-hybridized carbons (Fsp3) is 0.500. The molecule has 0 unspecified atom stereocenters. The SMILES string of the molecule is Cc1cc(C=C(CN)B2OC(C)(C)C(C)(C)O2)c(F)cc1Cl. The molecule has 1 heterocycles. The van der Waals surface area contributed by atoms with Gasteiger partial charge in [-0.25, -0.2) is 4.39 Å². The summed E-state index contributed by atoms with van der Waals surface area (Å²) in [7, 11) is -0.578. The minimum Gasteiger partial charge on any atom is -0.400 e. The number of benzene rings is 1. The number of nitrogens with two attached hydrogens (primary N) is 1. The molecule has 6 heteroatoms. The van der Waals surface area contributed by atoms with Crippen molar-refractivity contribution in [1.82, 2.24) is 0 Å². The summed E-state index contributed by atoms with van der Waals surface area (Å²) < 4.78 is 26.0. The largest absolute Gasteiger partial charge is 0.491 e. The lowest BCUT2D eigenvalue weighted by atomic mass is 9.77. The van der Waals surface area contributed by atoms with Crippen molar-refractivity contribution in [2.45, 2.75) is 45.8 Å². The molecule has 1 aliphatic rings. The summed E-state index contributed by atoms with van der Waals surface area (Å²) in [6.07, 6.45) is 1.68. The minimum absolute atomic E-state index is 0.220. The summed E-state index contributed by atoms with van der Waals surface area (Å²) in [6, 6.07) is 3.00. The number of aryl methyl sites for hydroxylation is 1. The lowest BCUT2D eigenvalue weighted by Gasteiger charge is -2.32. The summed E-state index contributed by atoms with van der Waals surface area (Å²) in [5.74, 6) is -0.391. The van der Waals surface area contributed by atoms with Crippen LogP contribution in [-0.2, 0) is 9.31 Å². The van der Waals surface area contributed by atoms with Gasteiger partial charge in [0.2, 0.25) is 0 Å². The van der Waals surface area contributed by atoms with E-state index < -0.39 is 24.1 Å². The molecule has 2 rings (SSSR count). The van der Waals surface area contributed by atoms with Gasteiger partial charge in [0.05, 0.1) is 11.2 Å². The molecule has 0 spiro atoms. The molecule has 0 aliphatic carbocycles. The zero-order valence-electron chi connectivity index (χ0n) is 13.7. The Bertz CT molecular complexity index is 600. The molecule has 0 amide bonds. The van der Waals surface area contributed by atoms with E-state index >= 15 is 0 Å². The highest BCUT2D eigenvalue weighted by molar-refractivity contribution is 6.55. The van der Waals surface area contributed by atoms with Crippen LogP contribution in [0.15, 0.2) is 17.6 Å². The van der Waals surface area contributed by atoms with Crippen LogP contribution in [0.1, 0.15) is 38.8 Å². The van der Waals surface area contributed by atoms with Gasteiger partial charge in [0, 0.05) is 17.1 Å². The summed E-state index contributed by atoms with van der Waals surface area (Å²) in [5, 5.41) is 0.402. The molecular weight excluding hydrogens is 303 g/mol. The van der Waals surface area contributed by atoms with Crippen LogP contribution >= 0.6 is 11.6 Å². The molecule has 1 aromatic rings. The third-order valence-corrected chi connectivity index (χ3v) is 4.82. The van der Waals surface area contributed by atoms with Crippen LogP contribution in [0.5, 0.6) is 0 Å². The Morgan fingerprint density at radius 1 is 1.27 bits per heavy atom. The van der Waals surface area contributed by atoms with Crippen molar-refractivity contribution in [3.8, 4) is 0 Å². The zero-order valence-corrected chi connectivity index (χ0v) is 14.4. The summed E-state index contributed by atoms with van der Waals surface area (Å²) >= 11 is 5.92. The van der Waals surface area contributed by atoms with Crippen LogP contribution in [0.2, 0.25) is 5.02 Å². The van der Waals surface area contributed by atoms with Gasteiger partial charge in [-0.15, -0.1) is 0 Å². The van der Waals surface area contributed by atoms with Crippen molar-refractivity contribution in [3.05, 3.63) is 39.6 Å². The second-order valence-corrected chi connectivity index (χ2v) is 7.04. The van der Waals surface area contributed by atoms with Crippen molar-refractivity contribution in [1.29, 1.82) is 0 Å². The fourth-order valence-electron chi connectivity index (χ4n) is 2.21. The summed E-state index contributed by atoms with van der Waals surface area (Å²) in [4.78, 5) is 0. The molecular formula is C16H22BClFNO2. The maximum atomic E-state index is 14.1. The maximum absolute atomic E-state index is 14.1. The number of hydrogen-bond donors (Lipinski definition) is 1. The monoisotopic (exact) mass is 325 g/mol. The van der Waals surface area contributed by atoms with E-state index in [2.05, 4.69) is 0 Å².